The maximum atomic E-state index is 6.13. The number of alkyl halides is 1. The Labute approximate surface area is 118 Å². The molecule has 0 saturated heterocycles. The van der Waals surface area contributed by atoms with Crippen molar-refractivity contribution in [3.63, 3.8) is 0 Å². The van der Waals surface area contributed by atoms with Crippen molar-refractivity contribution in [2.75, 3.05) is 5.88 Å². The van der Waals surface area contributed by atoms with E-state index in [1.54, 1.807) is 0 Å². The van der Waals surface area contributed by atoms with Gasteiger partial charge < -0.3 is 5.32 Å². The van der Waals surface area contributed by atoms with E-state index < -0.39 is 0 Å². The van der Waals surface area contributed by atoms with Crippen LogP contribution >= 0.6 is 34.8 Å². The van der Waals surface area contributed by atoms with Crippen LogP contribution in [-0.4, -0.2) is 11.4 Å². The Kier molecular flexibility index (Phi) is 6.08. The van der Waals surface area contributed by atoms with Crippen LogP contribution in [0.15, 0.2) is 18.2 Å². The molecule has 1 aromatic carbocycles. The molecule has 0 heterocycles. The van der Waals surface area contributed by atoms with Crippen molar-refractivity contribution < 1.29 is 0 Å². The van der Waals surface area contributed by atoms with Crippen molar-refractivity contribution in [1.29, 1.82) is 0 Å². The van der Waals surface area contributed by atoms with E-state index in [1.165, 1.54) is 0 Å². The van der Waals surface area contributed by atoms with E-state index in [1.807, 2.05) is 18.2 Å². The van der Waals surface area contributed by atoms with Gasteiger partial charge >= 0.3 is 0 Å². The molecule has 0 amide bonds. The zero-order valence-electron chi connectivity index (χ0n) is 10.2. The SMILES string of the molecule is CCC(C)(CCCl)NCc1c(Cl)cccc1Cl. The molecule has 96 valence electrons. The van der Waals surface area contributed by atoms with Crippen LogP contribution < -0.4 is 5.32 Å². The number of halogens is 3. The molecular weight excluding hydrogens is 277 g/mol. The predicted octanol–water partition coefficient (Wildman–Crippen LogP) is 4.88. The fraction of sp³-hybridized carbons (Fsp3) is 0.538. The fourth-order valence-corrected chi connectivity index (χ4v) is 2.55. The van der Waals surface area contributed by atoms with Crippen LogP contribution in [0.5, 0.6) is 0 Å². The highest BCUT2D eigenvalue weighted by Gasteiger charge is 2.21. The molecule has 17 heavy (non-hydrogen) atoms. The standard InChI is InChI=1S/C13H18Cl3N/c1-3-13(2,7-8-14)17-9-10-11(15)5-4-6-12(10)16/h4-6,17H,3,7-9H2,1-2H3. The molecule has 1 aromatic rings. The topological polar surface area (TPSA) is 12.0 Å². The summed E-state index contributed by atoms with van der Waals surface area (Å²) in [4.78, 5) is 0. The first-order valence-electron chi connectivity index (χ1n) is 5.76. The Morgan fingerprint density at radius 1 is 1.24 bits per heavy atom. The van der Waals surface area contributed by atoms with Gasteiger partial charge in [-0.05, 0) is 31.9 Å². The highest BCUT2D eigenvalue weighted by atomic mass is 35.5. The molecule has 0 aliphatic heterocycles. The van der Waals surface area contributed by atoms with Crippen molar-refractivity contribution >= 4 is 34.8 Å². The summed E-state index contributed by atoms with van der Waals surface area (Å²) in [6, 6.07) is 5.57. The number of rotatable bonds is 6. The molecule has 1 nitrogen and oxygen atoms in total. The van der Waals surface area contributed by atoms with Gasteiger partial charge in [0.1, 0.15) is 0 Å². The van der Waals surface area contributed by atoms with Gasteiger partial charge in [0.05, 0.1) is 0 Å². The lowest BCUT2D eigenvalue weighted by Crippen LogP contribution is -2.41. The van der Waals surface area contributed by atoms with Gasteiger partial charge in [0, 0.05) is 33.6 Å². The molecular formula is C13H18Cl3N. The highest BCUT2D eigenvalue weighted by molar-refractivity contribution is 6.35. The fourth-order valence-electron chi connectivity index (χ4n) is 1.60. The Hall–Kier alpha value is 0.0500. The van der Waals surface area contributed by atoms with Gasteiger partial charge in [0.15, 0.2) is 0 Å². The van der Waals surface area contributed by atoms with Gasteiger partial charge in [-0.15, -0.1) is 11.6 Å². The third-order valence-corrected chi connectivity index (χ3v) is 4.08. The molecule has 0 bridgehead atoms. The minimum absolute atomic E-state index is 0.0320. The summed E-state index contributed by atoms with van der Waals surface area (Å²) in [5.74, 6) is 0.646. The van der Waals surface area contributed by atoms with Crippen molar-refractivity contribution in [3.8, 4) is 0 Å². The maximum absolute atomic E-state index is 6.13. The van der Waals surface area contributed by atoms with Crippen LogP contribution in [-0.2, 0) is 6.54 Å². The van der Waals surface area contributed by atoms with Crippen molar-refractivity contribution in [1.82, 2.24) is 5.32 Å². The smallest absolute Gasteiger partial charge is 0.0465 e. The number of nitrogens with one attached hydrogen (secondary N) is 1. The number of hydrogen-bond donors (Lipinski definition) is 1. The van der Waals surface area contributed by atoms with Gasteiger partial charge in [0.2, 0.25) is 0 Å². The third kappa shape index (κ3) is 4.33. The molecule has 4 heteroatoms. The summed E-state index contributed by atoms with van der Waals surface area (Å²) >= 11 is 18.1. The quantitative estimate of drug-likeness (QED) is 0.737. The van der Waals surface area contributed by atoms with Gasteiger partial charge in [0.25, 0.3) is 0 Å². The average molecular weight is 295 g/mol. The zero-order chi connectivity index (χ0) is 12.9. The molecule has 0 aromatic heterocycles. The molecule has 0 fully saturated rings. The second kappa shape index (κ2) is 6.84. The van der Waals surface area contributed by atoms with Crippen LogP contribution in [0.25, 0.3) is 0 Å². The van der Waals surface area contributed by atoms with E-state index in [0.29, 0.717) is 22.5 Å². The minimum Gasteiger partial charge on any atom is -0.307 e. The zero-order valence-corrected chi connectivity index (χ0v) is 12.5. The first-order valence-corrected chi connectivity index (χ1v) is 7.05. The average Bonchev–Trinajstić information content (AvgIpc) is 2.29. The molecule has 1 atom stereocenters. The van der Waals surface area contributed by atoms with Gasteiger partial charge in [-0.2, -0.15) is 0 Å². The van der Waals surface area contributed by atoms with Crippen LogP contribution in [0.1, 0.15) is 32.3 Å². The maximum Gasteiger partial charge on any atom is 0.0465 e. The molecule has 0 spiro atoms. The van der Waals surface area contributed by atoms with E-state index in [9.17, 15) is 0 Å². The van der Waals surface area contributed by atoms with Crippen LogP contribution in [0.4, 0.5) is 0 Å². The Morgan fingerprint density at radius 2 is 1.82 bits per heavy atom. The Balaban J connectivity index is 2.72. The van der Waals surface area contributed by atoms with Crippen molar-refractivity contribution in [2.24, 2.45) is 0 Å². The van der Waals surface area contributed by atoms with Crippen molar-refractivity contribution in [2.45, 2.75) is 38.8 Å². The van der Waals surface area contributed by atoms with Crippen LogP contribution in [0.3, 0.4) is 0 Å². The normalized spacial score (nSPS) is 14.6. The molecule has 1 N–H and O–H groups in total. The lowest BCUT2D eigenvalue weighted by Gasteiger charge is -2.29. The summed E-state index contributed by atoms with van der Waals surface area (Å²) in [6.45, 7) is 4.98. The van der Waals surface area contributed by atoms with E-state index >= 15 is 0 Å². The minimum atomic E-state index is 0.0320. The second-order valence-corrected chi connectivity index (χ2v) is 5.60. The number of benzene rings is 1. The summed E-state index contributed by atoms with van der Waals surface area (Å²) < 4.78 is 0. The summed E-state index contributed by atoms with van der Waals surface area (Å²) in [5, 5.41) is 4.90. The lowest BCUT2D eigenvalue weighted by atomic mass is 9.95. The van der Waals surface area contributed by atoms with E-state index in [-0.39, 0.29) is 5.54 Å². The van der Waals surface area contributed by atoms with Crippen LogP contribution in [0, 0.1) is 0 Å². The van der Waals surface area contributed by atoms with E-state index in [2.05, 4.69) is 19.2 Å². The second-order valence-electron chi connectivity index (χ2n) is 4.41. The Bertz CT molecular complexity index is 347. The summed E-state index contributed by atoms with van der Waals surface area (Å²) in [6.07, 6.45) is 1.94. The monoisotopic (exact) mass is 293 g/mol. The first-order chi connectivity index (χ1) is 8.02. The molecule has 1 unspecified atom stereocenters. The third-order valence-electron chi connectivity index (χ3n) is 3.18. The van der Waals surface area contributed by atoms with E-state index in [0.717, 1.165) is 18.4 Å². The number of hydrogen-bond acceptors (Lipinski definition) is 1. The highest BCUT2D eigenvalue weighted by Crippen LogP contribution is 2.25. The van der Waals surface area contributed by atoms with Gasteiger partial charge in [-0.3, -0.25) is 0 Å². The summed E-state index contributed by atoms with van der Waals surface area (Å²) in [5.41, 5.74) is 0.981. The van der Waals surface area contributed by atoms with Gasteiger partial charge in [-0.25, -0.2) is 0 Å². The molecule has 0 aliphatic rings. The predicted molar refractivity (Wildman–Crippen MR) is 77.3 cm³/mol. The Morgan fingerprint density at radius 3 is 2.29 bits per heavy atom. The molecule has 1 rings (SSSR count). The largest absolute Gasteiger partial charge is 0.307 e. The first kappa shape index (κ1) is 15.1. The van der Waals surface area contributed by atoms with E-state index in [4.69, 9.17) is 34.8 Å². The summed E-state index contributed by atoms with van der Waals surface area (Å²) in [7, 11) is 0. The molecule has 0 radical (unpaired) electrons. The van der Waals surface area contributed by atoms with Gasteiger partial charge in [-0.1, -0.05) is 36.2 Å². The van der Waals surface area contributed by atoms with Crippen LogP contribution in [0.2, 0.25) is 10.0 Å². The lowest BCUT2D eigenvalue weighted by molar-refractivity contribution is 0.331. The molecule has 0 saturated carbocycles. The van der Waals surface area contributed by atoms with Crippen molar-refractivity contribution in [3.05, 3.63) is 33.8 Å². The molecule has 0 aliphatic carbocycles.